The summed E-state index contributed by atoms with van der Waals surface area (Å²) in [6, 6.07) is 0. The second-order valence-electron chi connectivity index (χ2n) is 1.48. The van der Waals surface area contributed by atoms with Gasteiger partial charge in [0, 0.05) is 0 Å². The maximum Gasteiger partial charge on any atom is 0.388 e. The minimum Gasteiger partial charge on any atom is -0.462 e. The lowest BCUT2D eigenvalue weighted by Gasteiger charge is -2.00. The average Bonchev–Trinajstić information content (AvgIpc) is 1.98. The van der Waals surface area contributed by atoms with Crippen LogP contribution in [0.4, 0.5) is 13.6 Å². The fraction of sp³-hybridized carbons (Fsp3) is 0.750. The van der Waals surface area contributed by atoms with Crippen LogP contribution in [0.15, 0.2) is 0 Å². The summed E-state index contributed by atoms with van der Waals surface area (Å²) < 4.78 is 41.1. The SMILES string of the molecule is COC(=O)[PH](=O)OCC(F)F. The lowest BCUT2D eigenvalue weighted by atomic mass is 10.8. The molecule has 11 heavy (non-hydrogen) atoms. The molecule has 7 heteroatoms. The summed E-state index contributed by atoms with van der Waals surface area (Å²) in [6.07, 6.45) is -2.73. The number of alkyl halides is 2. The molecule has 4 nitrogen and oxygen atoms in total. The maximum atomic E-state index is 11.4. The first-order chi connectivity index (χ1) is 5.07. The quantitative estimate of drug-likeness (QED) is 0.627. The summed E-state index contributed by atoms with van der Waals surface area (Å²) in [5.41, 5.74) is -1.10. The third-order valence-corrected chi connectivity index (χ3v) is 1.66. The van der Waals surface area contributed by atoms with Crippen LogP contribution in [-0.2, 0) is 13.8 Å². The molecular formula is C4H7F2O4P. The lowest BCUT2D eigenvalue weighted by Crippen LogP contribution is -2.02. The van der Waals surface area contributed by atoms with Crippen LogP contribution < -0.4 is 0 Å². The van der Waals surface area contributed by atoms with Crippen LogP contribution in [0.25, 0.3) is 0 Å². The van der Waals surface area contributed by atoms with Crippen LogP contribution in [-0.4, -0.2) is 25.9 Å². The number of ether oxygens (including phenoxy) is 1. The number of carbonyl (C=O) groups is 1. The fourth-order valence-electron chi connectivity index (χ4n) is 0.281. The van der Waals surface area contributed by atoms with Crippen molar-refractivity contribution in [2.24, 2.45) is 0 Å². The molecular weight excluding hydrogens is 181 g/mol. The Morgan fingerprint density at radius 2 is 2.18 bits per heavy atom. The fourth-order valence-corrected chi connectivity index (χ4v) is 0.843. The molecule has 0 aliphatic rings. The Balaban J connectivity index is 3.61. The monoisotopic (exact) mass is 188 g/mol. The summed E-state index contributed by atoms with van der Waals surface area (Å²) in [4.78, 5) is 10.3. The van der Waals surface area contributed by atoms with E-state index in [0.29, 0.717) is 0 Å². The van der Waals surface area contributed by atoms with E-state index in [4.69, 9.17) is 0 Å². The van der Waals surface area contributed by atoms with Crippen molar-refractivity contribution < 1.29 is 27.4 Å². The first-order valence-corrected chi connectivity index (χ1v) is 3.92. The summed E-state index contributed by atoms with van der Waals surface area (Å²) in [6.45, 7) is -1.01. The first kappa shape index (κ1) is 10.5. The minimum atomic E-state index is -3.10. The van der Waals surface area contributed by atoms with Crippen LogP contribution in [0.3, 0.4) is 0 Å². The average molecular weight is 188 g/mol. The van der Waals surface area contributed by atoms with Gasteiger partial charge in [-0.3, -0.25) is 4.57 Å². The number of methoxy groups -OCH3 is 1. The van der Waals surface area contributed by atoms with Crippen molar-refractivity contribution in [3.8, 4) is 0 Å². The zero-order chi connectivity index (χ0) is 8.85. The molecule has 0 aromatic heterocycles. The minimum absolute atomic E-state index is 0.997. The molecule has 0 aliphatic heterocycles. The smallest absolute Gasteiger partial charge is 0.388 e. The van der Waals surface area contributed by atoms with Crippen molar-refractivity contribution in [1.29, 1.82) is 0 Å². The molecule has 0 N–H and O–H groups in total. The highest BCUT2D eigenvalue weighted by molar-refractivity contribution is 7.58. The van der Waals surface area contributed by atoms with E-state index in [1.54, 1.807) is 0 Å². The molecule has 0 aromatic rings. The van der Waals surface area contributed by atoms with E-state index in [1.807, 2.05) is 0 Å². The first-order valence-electron chi connectivity index (χ1n) is 2.61. The summed E-state index contributed by atoms with van der Waals surface area (Å²) in [5, 5.41) is 0. The standard InChI is InChI=1S/C4H7F2O4P/c1-9-4(7)11(8)10-2-3(5)6/h3,11H,2H2,1H3. The van der Waals surface area contributed by atoms with Crippen molar-refractivity contribution in [1.82, 2.24) is 0 Å². The third-order valence-electron chi connectivity index (χ3n) is 0.692. The van der Waals surface area contributed by atoms with E-state index in [2.05, 4.69) is 9.26 Å². The maximum absolute atomic E-state index is 11.4. The molecule has 66 valence electrons. The second-order valence-corrected chi connectivity index (χ2v) is 2.75. The molecule has 0 bridgehead atoms. The van der Waals surface area contributed by atoms with Crippen LogP contribution in [0.5, 0.6) is 0 Å². The van der Waals surface area contributed by atoms with Gasteiger partial charge in [0.1, 0.15) is 6.61 Å². The van der Waals surface area contributed by atoms with Gasteiger partial charge in [-0.25, -0.2) is 13.6 Å². The van der Waals surface area contributed by atoms with E-state index < -0.39 is 26.8 Å². The predicted octanol–water partition coefficient (Wildman–Crippen LogP) is 1.51. The van der Waals surface area contributed by atoms with Gasteiger partial charge in [0.15, 0.2) is 0 Å². The lowest BCUT2D eigenvalue weighted by molar-refractivity contribution is 0.0852. The Labute approximate surface area is 62.3 Å². The topological polar surface area (TPSA) is 52.6 Å². The molecule has 0 rings (SSSR count). The zero-order valence-electron chi connectivity index (χ0n) is 5.67. The molecule has 0 saturated heterocycles. The van der Waals surface area contributed by atoms with Gasteiger partial charge in [0.2, 0.25) is 0 Å². The zero-order valence-corrected chi connectivity index (χ0v) is 6.67. The van der Waals surface area contributed by atoms with Gasteiger partial charge in [-0.1, -0.05) is 0 Å². The Bertz CT molecular complexity index is 160. The van der Waals surface area contributed by atoms with Crippen LogP contribution >= 0.6 is 8.03 Å². The van der Waals surface area contributed by atoms with Crippen molar-refractivity contribution in [2.45, 2.75) is 6.43 Å². The van der Waals surface area contributed by atoms with Gasteiger partial charge >= 0.3 is 5.71 Å². The molecule has 0 amide bonds. The van der Waals surface area contributed by atoms with Gasteiger partial charge in [-0.2, -0.15) is 0 Å². The number of rotatable bonds is 4. The molecule has 1 unspecified atom stereocenters. The molecule has 0 saturated carbocycles. The van der Waals surface area contributed by atoms with E-state index >= 15 is 0 Å². The second kappa shape index (κ2) is 5.21. The van der Waals surface area contributed by atoms with Crippen molar-refractivity contribution >= 4 is 13.7 Å². The Hall–Kier alpha value is -0.480. The number of hydrogen-bond acceptors (Lipinski definition) is 4. The van der Waals surface area contributed by atoms with Crippen molar-refractivity contribution in [3.63, 3.8) is 0 Å². The Morgan fingerprint density at radius 1 is 1.64 bits per heavy atom. The third kappa shape index (κ3) is 4.86. The Kier molecular flexibility index (Phi) is 4.98. The van der Waals surface area contributed by atoms with Crippen LogP contribution in [0, 0.1) is 0 Å². The Morgan fingerprint density at radius 3 is 2.55 bits per heavy atom. The van der Waals surface area contributed by atoms with E-state index in [-0.39, 0.29) is 0 Å². The van der Waals surface area contributed by atoms with E-state index in [0.717, 1.165) is 7.11 Å². The molecule has 0 fully saturated rings. The summed E-state index contributed by atoms with van der Waals surface area (Å²) >= 11 is 0. The molecule has 0 spiro atoms. The van der Waals surface area contributed by atoms with Gasteiger partial charge in [0.05, 0.1) is 7.11 Å². The van der Waals surface area contributed by atoms with Crippen LogP contribution in [0.1, 0.15) is 0 Å². The summed E-state index contributed by atoms with van der Waals surface area (Å²) in [5.74, 6) is 0. The number of carbonyl (C=O) groups excluding carboxylic acids is 1. The van der Waals surface area contributed by atoms with E-state index in [9.17, 15) is 18.1 Å². The predicted molar refractivity (Wildman–Crippen MR) is 33.4 cm³/mol. The molecule has 1 atom stereocenters. The molecule has 0 heterocycles. The van der Waals surface area contributed by atoms with Gasteiger partial charge in [-0.15, -0.1) is 0 Å². The van der Waals surface area contributed by atoms with Crippen molar-refractivity contribution in [3.05, 3.63) is 0 Å². The van der Waals surface area contributed by atoms with Crippen molar-refractivity contribution in [2.75, 3.05) is 13.7 Å². The van der Waals surface area contributed by atoms with E-state index in [1.165, 1.54) is 0 Å². The number of halogens is 2. The molecule has 0 radical (unpaired) electrons. The highest BCUT2D eigenvalue weighted by atomic mass is 31.1. The van der Waals surface area contributed by atoms with Gasteiger partial charge < -0.3 is 9.26 Å². The molecule has 0 aliphatic carbocycles. The summed E-state index contributed by atoms with van der Waals surface area (Å²) in [7, 11) is -2.11. The molecule has 0 aromatic carbocycles. The normalized spacial score (nSPS) is 13.1. The van der Waals surface area contributed by atoms with Gasteiger partial charge in [-0.05, 0) is 0 Å². The highest BCUT2D eigenvalue weighted by Gasteiger charge is 2.14. The number of hydrogen-bond donors (Lipinski definition) is 0. The highest BCUT2D eigenvalue weighted by Crippen LogP contribution is 2.24. The largest absolute Gasteiger partial charge is 0.462 e. The van der Waals surface area contributed by atoms with Crippen LogP contribution in [0.2, 0.25) is 0 Å². The van der Waals surface area contributed by atoms with Gasteiger partial charge in [0.25, 0.3) is 14.5 Å².